The molecule has 0 spiro atoms. The molecule has 1 amide bonds. The second-order valence-electron chi connectivity index (χ2n) is 8.23. The number of phenols is 2. The van der Waals surface area contributed by atoms with Crippen LogP contribution in [0.2, 0.25) is 0 Å². The lowest BCUT2D eigenvalue weighted by molar-refractivity contribution is -0.0868. The van der Waals surface area contributed by atoms with Gasteiger partial charge in [-0.3, -0.25) is 4.79 Å². The van der Waals surface area contributed by atoms with Gasteiger partial charge in [0.2, 0.25) is 5.75 Å². The summed E-state index contributed by atoms with van der Waals surface area (Å²) in [6, 6.07) is 6.33. The maximum atomic E-state index is 15.0. The predicted octanol–water partition coefficient (Wildman–Crippen LogP) is 3.15. The lowest BCUT2D eigenvalue weighted by Crippen LogP contribution is -2.49. The molecular weight excluding hydrogens is 405 g/mol. The van der Waals surface area contributed by atoms with Crippen LogP contribution < -0.4 is 10.1 Å². The van der Waals surface area contributed by atoms with E-state index >= 15 is 4.39 Å². The largest absolute Gasteiger partial charge is 0.502 e. The Balaban J connectivity index is 1.98. The summed E-state index contributed by atoms with van der Waals surface area (Å²) < 4.78 is 27.3. The van der Waals surface area contributed by atoms with Crippen LogP contribution in [0, 0.1) is 5.82 Å². The molecule has 31 heavy (non-hydrogen) atoms. The molecule has 2 heterocycles. The lowest BCUT2D eigenvalue weighted by atomic mass is 9.98. The number of aromatic nitrogens is 2. The SMILES string of the molecule is COc1cc(-c2nc3ccc(C(=O)NC(C)C)cc3n2C2(C)COC2)c(F)c(O)c1O. The molecule has 4 rings (SSSR count). The molecule has 164 valence electrons. The van der Waals surface area contributed by atoms with Crippen LogP contribution >= 0.6 is 0 Å². The first kappa shape index (κ1) is 20.9. The molecule has 0 atom stereocenters. The molecule has 9 heteroatoms. The summed E-state index contributed by atoms with van der Waals surface area (Å²) in [5.74, 6) is -2.70. The van der Waals surface area contributed by atoms with Crippen molar-refractivity contribution < 1.29 is 28.9 Å². The standard InChI is InChI=1S/C22H24FN3O5/c1-11(2)24-21(29)12-5-6-14-15(7-12)26(22(3)9-31-10-22)20(25-14)13-8-16(30-4)18(27)19(28)17(13)23/h5-8,11,27-28H,9-10H2,1-4H3,(H,24,29). The summed E-state index contributed by atoms with van der Waals surface area (Å²) in [6.45, 7) is 6.43. The maximum Gasteiger partial charge on any atom is 0.251 e. The van der Waals surface area contributed by atoms with Crippen LogP contribution in [-0.2, 0) is 10.3 Å². The van der Waals surface area contributed by atoms with E-state index in [9.17, 15) is 15.0 Å². The number of hydrogen-bond acceptors (Lipinski definition) is 6. The zero-order chi connectivity index (χ0) is 22.5. The highest BCUT2D eigenvalue weighted by Gasteiger charge is 2.39. The molecule has 1 aliphatic rings. The van der Waals surface area contributed by atoms with Crippen molar-refractivity contribution in [2.45, 2.75) is 32.4 Å². The minimum Gasteiger partial charge on any atom is -0.502 e. The third kappa shape index (κ3) is 3.34. The summed E-state index contributed by atoms with van der Waals surface area (Å²) in [7, 11) is 1.31. The normalized spacial score (nSPS) is 15.2. The Kier molecular flexibility index (Phi) is 5.01. The van der Waals surface area contributed by atoms with E-state index in [1.165, 1.54) is 13.2 Å². The fourth-order valence-electron chi connectivity index (χ4n) is 3.75. The van der Waals surface area contributed by atoms with E-state index in [1.54, 1.807) is 18.2 Å². The summed E-state index contributed by atoms with van der Waals surface area (Å²) in [5, 5.41) is 22.9. The van der Waals surface area contributed by atoms with Crippen molar-refractivity contribution in [2.24, 2.45) is 0 Å². The second-order valence-corrected chi connectivity index (χ2v) is 8.23. The Labute approximate surface area is 178 Å². The van der Waals surface area contributed by atoms with Crippen LogP contribution in [0.5, 0.6) is 17.2 Å². The maximum absolute atomic E-state index is 15.0. The number of fused-ring (bicyclic) bond motifs is 1. The van der Waals surface area contributed by atoms with Gasteiger partial charge < -0.3 is 29.6 Å². The second kappa shape index (κ2) is 7.42. The zero-order valence-corrected chi connectivity index (χ0v) is 17.7. The molecule has 0 unspecified atom stereocenters. The summed E-state index contributed by atoms with van der Waals surface area (Å²) >= 11 is 0. The van der Waals surface area contributed by atoms with Gasteiger partial charge in [0.25, 0.3) is 5.91 Å². The average molecular weight is 429 g/mol. The van der Waals surface area contributed by atoms with Gasteiger partial charge in [-0.25, -0.2) is 9.37 Å². The van der Waals surface area contributed by atoms with Crippen LogP contribution in [-0.4, -0.2) is 52.0 Å². The van der Waals surface area contributed by atoms with Crippen molar-refractivity contribution in [3.8, 4) is 28.6 Å². The van der Waals surface area contributed by atoms with E-state index in [1.807, 2.05) is 25.3 Å². The predicted molar refractivity (Wildman–Crippen MR) is 112 cm³/mol. The number of nitrogens with zero attached hydrogens (tertiary/aromatic N) is 2. The van der Waals surface area contributed by atoms with Gasteiger partial charge >= 0.3 is 0 Å². The molecule has 1 aromatic heterocycles. The topological polar surface area (TPSA) is 106 Å². The molecule has 3 aromatic rings. The number of aromatic hydroxyl groups is 2. The number of carbonyl (C=O) groups excluding carboxylic acids is 1. The first-order valence-corrected chi connectivity index (χ1v) is 9.86. The first-order chi connectivity index (χ1) is 14.7. The van der Waals surface area contributed by atoms with Crippen LogP contribution in [0.25, 0.3) is 22.4 Å². The van der Waals surface area contributed by atoms with Crippen LogP contribution in [0.3, 0.4) is 0 Å². The molecule has 0 saturated carbocycles. The number of ether oxygens (including phenoxy) is 2. The molecular formula is C22H24FN3O5. The fraction of sp³-hybridized carbons (Fsp3) is 0.364. The quantitative estimate of drug-likeness (QED) is 0.538. The Morgan fingerprint density at radius 1 is 1.29 bits per heavy atom. The van der Waals surface area contributed by atoms with Gasteiger partial charge in [0, 0.05) is 11.6 Å². The minimum absolute atomic E-state index is 0.0252. The summed E-state index contributed by atoms with van der Waals surface area (Å²) in [6.07, 6.45) is 0. The number of nitrogens with one attached hydrogen (secondary N) is 1. The number of rotatable bonds is 5. The number of carbonyl (C=O) groups is 1. The molecule has 0 bridgehead atoms. The molecule has 1 aliphatic heterocycles. The molecule has 8 nitrogen and oxygen atoms in total. The Morgan fingerprint density at radius 2 is 2.00 bits per heavy atom. The number of amides is 1. The van der Waals surface area contributed by atoms with Crippen LogP contribution in [0.15, 0.2) is 24.3 Å². The fourth-order valence-corrected chi connectivity index (χ4v) is 3.75. The van der Waals surface area contributed by atoms with Gasteiger partial charge in [-0.2, -0.15) is 0 Å². The monoisotopic (exact) mass is 429 g/mol. The van der Waals surface area contributed by atoms with Crippen LogP contribution in [0.1, 0.15) is 31.1 Å². The van der Waals surface area contributed by atoms with Crippen molar-refractivity contribution in [1.82, 2.24) is 14.9 Å². The van der Waals surface area contributed by atoms with Crippen molar-refractivity contribution in [1.29, 1.82) is 0 Å². The number of halogens is 1. The highest BCUT2D eigenvalue weighted by molar-refractivity contribution is 5.98. The summed E-state index contributed by atoms with van der Waals surface area (Å²) in [5.41, 5.74) is 1.05. The number of methoxy groups -OCH3 is 1. The van der Waals surface area contributed by atoms with Gasteiger partial charge in [0.15, 0.2) is 17.3 Å². The molecule has 2 aromatic carbocycles. The molecule has 1 saturated heterocycles. The third-order valence-corrected chi connectivity index (χ3v) is 5.34. The number of imidazole rings is 1. The molecule has 3 N–H and O–H groups in total. The number of hydrogen-bond donors (Lipinski definition) is 3. The van der Waals surface area contributed by atoms with E-state index in [0.29, 0.717) is 29.8 Å². The highest BCUT2D eigenvalue weighted by atomic mass is 19.1. The van der Waals surface area contributed by atoms with Crippen molar-refractivity contribution in [3.05, 3.63) is 35.6 Å². The number of benzene rings is 2. The number of phenolic OH excluding ortho intramolecular Hbond substituents is 2. The Morgan fingerprint density at radius 3 is 2.58 bits per heavy atom. The lowest BCUT2D eigenvalue weighted by Gasteiger charge is -2.40. The van der Waals surface area contributed by atoms with Crippen molar-refractivity contribution in [2.75, 3.05) is 20.3 Å². The van der Waals surface area contributed by atoms with E-state index in [-0.39, 0.29) is 29.1 Å². The third-order valence-electron chi connectivity index (χ3n) is 5.34. The molecule has 0 radical (unpaired) electrons. The minimum atomic E-state index is -1.02. The van der Waals surface area contributed by atoms with Gasteiger partial charge in [-0.15, -0.1) is 0 Å². The summed E-state index contributed by atoms with van der Waals surface area (Å²) in [4.78, 5) is 17.1. The first-order valence-electron chi connectivity index (χ1n) is 9.86. The average Bonchev–Trinajstić information content (AvgIpc) is 3.08. The Bertz CT molecular complexity index is 1180. The molecule has 1 fully saturated rings. The highest BCUT2D eigenvalue weighted by Crippen LogP contribution is 2.44. The van der Waals surface area contributed by atoms with E-state index in [2.05, 4.69) is 10.3 Å². The Hall–Kier alpha value is -3.33. The van der Waals surface area contributed by atoms with Crippen molar-refractivity contribution in [3.63, 3.8) is 0 Å². The van der Waals surface area contributed by atoms with Gasteiger partial charge in [0.1, 0.15) is 5.82 Å². The molecule has 0 aliphatic carbocycles. The van der Waals surface area contributed by atoms with Gasteiger partial charge in [-0.1, -0.05) is 0 Å². The van der Waals surface area contributed by atoms with E-state index < -0.39 is 22.9 Å². The van der Waals surface area contributed by atoms with Crippen LogP contribution in [0.4, 0.5) is 4.39 Å². The van der Waals surface area contributed by atoms with E-state index in [0.717, 1.165) is 0 Å². The van der Waals surface area contributed by atoms with Gasteiger partial charge in [-0.05, 0) is 45.0 Å². The van der Waals surface area contributed by atoms with Crippen molar-refractivity contribution >= 4 is 16.9 Å². The van der Waals surface area contributed by atoms with Gasteiger partial charge in [0.05, 0.1) is 42.5 Å². The smallest absolute Gasteiger partial charge is 0.251 e. The zero-order valence-electron chi connectivity index (χ0n) is 17.7. The van der Waals surface area contributed by atoms with E-state index in [4.69, 9.17) is 9.47 Å².